The van der Waals surface area contributed by atoms with Crippen LogP contribution in [0, 0.1) is 0 Å². The number of furan rings is 1. The number of nitrogens with one attached hydrogen (secondary N) is 2. The predicted molar refractivity (Wildman–Crippen MR) is 128 cm³/mol. The molecule has 4 aromatic rings. The highest BCUT2D eigenvalue weighted by Crippen LogP contribution is 2.18. The summed E-state index contributed by atoms with van der Waals surface area (Å²) in [6.07, 6.45) is 3.01. The molecule has 0 saturated carbocycles. The van der Waals surface area contributed by atoms with Gasteiger partial charge in [0.2, 0.25) is 10.0 Å². The fourth-order valence-electron chi connectivity index (χ4n) is 3.51. The molecule has 0 bridgehead atoms. The Balaban J connectivity index is 1.28. The number of sulfonamides is 1. The standard InChI is InChI=1S/C25H26N4O4S/c1-29(15-5-9-21-17-24(28-27-21)19-7-3-2-4-8-19)25(30)20-11-13-23(14-12-20)34(31,32)26-18-22-10-6-16-33-22/h2-4,6-8,10-14,16-17,26H,5,9,15,18H2,1H3,(H,27,28). The van der Waals surface area contributed by atoms with Crippen LogP contribution in [0.2, 0.25) is 0 Å². The molecule has 8 nitrogen and oxygen atoms in total. The lowest BCUT2D eigenvalue weighted by Gasteiger charge is -2.17. The first-order valence-electron chi connectivity index (χ1n) is 10.9. The summed E-state index contributed by atoms with van der Waals surface area (Å²) in [7, 11) is -1.97. The normalized spacial score (nSPS) is 11.4. The van der Waals surface area contributed by atoms with Crippen molar-refractivity contribution in [2.45, 2.75) is 24.3 Å². The number of aromatic nitrogens is 2. The third kappa shape index (κ3) is 5.81. The summed E-state index contributed by atoms with van der Waals surface area (Å²) < 4.78 is 32.5. The Kier molecular flexibility index (Phi) is 7.24. The highest BCUT2D eigenvalue weighted by molar-refractivity contribution is 7.89. The lowest BCUT2D eigenvalue weighted by atomic mass is 10.1. The van der Waals surface area contributed by atoms with Crippen molar-refractivity contribution in [1.82, 2.24) is 19.8 Å². The van der Waals surface area contributed by atoms with Gasteiger partial charge in [-0.15, -0.1) is 0 Å². The minimum Gasteiger partial charge on any atom is -0.468 e. The molecule has 0 unspecified atom stereocenters. The fourth-order valence-corrected chi connectivity index (χ4v) is 4.51. The van der Waals surface area contributed by atoms with E-state index in [1.54, 1.807) is 24.1 Å². The molecule has 9 heteroatoms. The number of carbonyl (C=O) groups excluding carboxylic acids is 1. The molecule has 176 valence electrons. The zero-order valence-corrected chi connectivity index (χ0v) is 19.6. The second-order valence-corrected chi connectivity index (χ2v) is 9.67. The van der Waals surface area contributed by atoms with Gasteiger partial charge in [0.15, 0.2) is 0 Å². The number of nitrogens with zero attached hydrogens (tertiary/aromatic N) is 2. The fraction of sp³-hybridized carbons (Fsp3) is 0.200. The van der Waals surface area contributed by atoms with Gasteiger partial charge >= 0.3 is 0 Å². The maximum Gasteiger partial charge on any atom is 0.253 e. The minimum atomic E-state index is -3.71. The molecule has 2 heterocycles. The topological polar surface area (TPSA) is 108 Å². The predicted octanol–water partition coefficient (Wildman–Crippen LogP) is 3.85. The Morgan fingerprint density at radius 3 is 2.53 bits per heavy atom. The lowest BCUT2D eigenvalue weighted by molar-refractivity contribution is 0.0793. The highest BCUT2D eigenvalue weighted by atomic mass is 32.2. The molecule has 0 atom stereocenters. The van der Waals surface area contributed by atoms with Gasteiger partial charge in [0.1, 0.15) is 5.76 Å². The van der Waals surface area contributed by atoms with E-state index < -0.39 is 10.0 Å². The van der Waals surface area contributed by atoms with Crippen molar-refractivity contribution >= 4 is 15.9 Å². The molecule has 34 heavy (non-hydrogen) atoms. The lowest BCUT2D eigenvalue weighted by Crippen LogP contribution is -2.28. The highest BCUT2D eigenvalue weighted by Gasteiger charge is 2.17. The van der Waals surface area contributed by atoms with Crippen LogP contribution in [0.5, 0.6) is 0 Å². The van der Waals surface area contributed by atoms with Crippen LogP contribution in [-0.4, -0.2) is 43.0 Å². The maximum absolute atomic E-state index is 12.7. The SMILES string of the molecule is CN(CCCc1cc(-c2ccccc2)n[nH]1)C(=O)c1ccc(S(=O)(=O)NCc2ccco2)cc1. The minimum absolute atomic E-state index is 0.0575. The molecule has 0 aliphatic rings. The van der Waals surface area contributed by atoms with E-state index in [0.29, 0.717) is 17.9 Å². The summed E-state index contributed by atoms with van der Waals surface area (Å²) in [6.45, 7) is 0.616. The first-order chi connectivity index (χ1) is 16.4. The van der Waals surface area contributed by atoms with Gasteiger partial charge in [-0.2, -0.15) is 5.10 Å². The molecule has 2 N–H and O–H groups in total. The zero-order valence-electron chi connectivity index (χ0n) is 18.8. The summed E-state index contributed by atoms with van der Waals surface area (Å²) in [4.78, 5) is 14.5. The van der Waals surface area contributed by atoms with E-state index in [1.807, 2.05) is 36.4 Å². The monoisotopic (exact) mass is 478 g/mol. The molecule has 4 rings (SSSR count). The van der Waals surface area contributed by atoms with Crippen molar-refractivity contribution in [2.75, 3.05) is 13.6 Å². The molecule has 0 spiro atoms. The Morgan fingerprint density at radius 2 is 1.82 bits per heavy atom. The van der Waals surface area contributed by atoms with E-state index in [0.717, 1.165) is 29.8 Å². The zero-order chi connectivity index (χ0) is 24.0. The summed E-state index contributed by atoms with van der Waals surface area (Å²) in [6, 6.07) is 21.3. The number of hydrogen-bond acceptors (Lipinski definition) is 5. The van der Waals surface area contributed by atoms with E-state index in [9.17, 15) is 13.2 Å². The van der Waals surface area contributed by atoms with Gasteiger partial charge in [-0.05, 0) is 55.3 Å². The second kappa shape index (κ2) is 10.5. The van der Waals surface area contributed by atoms with Gasteiger partial charge in [-0.25, -0.2) is 13.1 Å². The number of amides is 1. The Morgan fingerprint density at radius 1 is 1.06 bits per heavy atom. The second-order valence-electron chi connectivity index (χ2n) is 7.90. The Bertz CT molecular complexity index is 1320. The smallest absolute Gasteiger partial charge is 0.253 e. The van der Waals surface area contributed by atoms with Gasteiger partial charge in [0.05, 0.1) is 23.4 Å². The van der Waals surface area contributed by atoms with Crippen LogP contribution in [0.4, 0.5) is 0 Å². The molecule has 1 amide bonds. The molecule has 2 aromatic carbocycles. The summed E-state index contributed by atoms with van der Waals surface area (Å²) in [5, 5.41) is 7.41. The largest absolute Gasteiger partial charge is 0.468 e. The van der Waals surface area contributed by atoms with Crippen molar-refractivity contribution in [3.63, 3.8) is 0 Å². The number of H-pyrrole nitrogens is 1. The van der Waals surface area contributed by atoms with Crippen molar-refractivity contribution in [1.29, 1.82) is 0 Å². The Labute approximate surface area is 198 Å². The number of aromatic amines is 1. The van der Waals surface area contributed by atoms with Crippen LogP contribution in [0.25, 0.3) is 11.3 Å². The van der Waals surface area contributed by atoms with E-state index in [-0.39, 0.29) is 17.3 Å². The average Bonchev–Trinajstić information content (AvgIpc) is 3.55. The van der Waals surface area contributed by atoms with Crippen LogP contribution >= 0.6 is 0 Å². The average molecular weight is 479 g/mol. The number of hydrogen-bond donors (Lipinski definition) is 2. The summed E-state index contributed by atoms with van der Waals surface area (Å²) in [5.74, 6) is 0.352. The van der Waals surface area contributed by atoms with E-state index in [1.165, 1.54) is 30.5 Å². The first kappa shape index (κ1) is 23.5. The van der Waals surface area contributed by atoms with E-state index in [2.05, 4.69) is 14.9 Å². The van der Waals surface area contributed by atoms with E-state index >= 15 is 0 Å². The molecule has 0 radical (unpaired) electrons. The van der Waals surface area contributed by atoms with Crippen LogP contribution in [-0.2, 0) is 23.0 Å². The quantitative estimate of drug-likeness (QED) is 0.360. The van der Waals surface area contributed by atoms with Crippen LogP contribution in [0.1, 0.15) is 28.2 Å². The van der Waals surface area contributed by atoms with Crippen molar-refractivity contribution in [2.24, 2.45) is 0 Å². The number of aryl methyl sites for hydroxylation is 1. The van der Waals surface area contributed by atoms with Crippen LogP contribution in [0.15, 0.2) is 88.4 Å². The van der Waals surface area contributed by atoms with Gasteiger partial charge in [-0.1, -0.05) is 30.3 Å². The Hall–Kier alpha value is -3.69. The van der Waals surface area contributed by atoms with Crippen molar-refractivity contribution < 1.29 is 17.6 Å². The van der Waals surface area contributed by atoms with Gasteiger partial charge < -0.3 is 9.32 Å². The number of benzene rings is 2. The van der Waals surface area contributed by atoms with Gasteiger partial charge in [0, 0.05) is 30.4 Å². The van der Waals surface area contributed by atoms with Gasteiger partial charge in [-0.3, -0.25) is 9.89 Å². The van der Waals surface area contributed by atoms with Crippen molar-refractivity contribution in [3.8, 4) is 11.3 Å². The maximum atomic E-state index is 12.7. The first-order valence-corrected chi connectivity index (χ1v) is 12.4. The third-order valence-corrected chi connectivity index (χ3v) is 6.83. The molecule has 2 aromatic heterocycles. The molecule has 0 aliphatic heterocycles. The van der Waals surface area contributed by atoms with Crippen molar-refractivity contribution in [3.05, 3.63) is 96.1 Å². The molecule has 0 aliphatic carbocycles. The molecular weight excluding hydrogens is 452 g/mol. The molecular formula is C25H26N4O4S. The van der Waals surface area contributed by atoms with Gasteiger partial charge in [0.25, 0.3) is 5.91 Å². The number of rotatable bonds is 10. The summed E-state index contributed by atoms with van der Waals surface area (Å²) in [5.41, 5.74) is 3.39. The third-order valence-electron chi connectivity index (χ3n) is 5.41. The summed E-state index contributed by atoms with van der Waals surface area (Å²) >= 11 is 0. The van der Waals surface area contributed by atoms with Crippen LogP contribution in [0.3, 0.4) is 0 Å². The van der Waals surface area contributed by atoms with Crippen LogP contribution < -0.4 is 4.72 Å². The molecule has 0 saturated heterocycles. The number of carbonyl (C=O) groups is 1. The molecule has 0 fully saturated rings. The van der Waals surface area contributed by atoms with E-state index in [4.69, 9.17) is 4.42 Å².